The maximum absolute atomic E-state index is 12.4. The van der Waals surface area contributed by atoms with Gasteiger partial charge in [0, 0.05) is 22.6 Å². The third kappa shape index (κ3) is 3.68. The van der Waals surface area contributed by atoms with E-state index < -0.39 is 10.0 Å². The highest BCUT2D eigenvalue weighted by Gasteiger charge is 2.16. The fourth-order valence-electron chi connectivity index (χ4n) is 1.67. The number of aryl methyl sites for hydroxylation is 1. The van der Waals surface area contributed by atoms with E-state index in [9.17, 15) is 8.42 Å². The summed E-state index contributed by atoms with van der Waals surface area (Å²) in [6, 6.07) is 8.74. The number of nitrogens with zero attached hydrogens (tertiary/aromatic N) is 1. The van der Waals surface area contributed by atoms with E-state index in [1.165, 1.54) is 3.97 Å². The molecule has 0 unspecified atom stereocenters. The van der Waals surface area contributed by atoms with E-state index in [-0.39, 0.29) is 0 Å². The Kier molecular flexibility index (Phi) is 5.35. The van der Waals surface area contributed by atoms with Crippen LogP contribution in [0.1, 0.15) is 12.0 Å². The molecule has 0 saturated carbocycles. The predicted octanol–water partition coefficient (Wildman–Crippen LogP) is 3.91. The Morgan fingerprint density at radius 2 is 1.90 bits per heavy atom. The molecule has 0 aliphatic heterocycles. The Bertz CT molecular complexity index is 663. The van der Waals surface area contributed by atoms with Gasteiger partial charge in [-0.25, -0.2) is 12.4 Å². The molecule has 0 aliphatic carbocycles. The third-order valence-electron chi connectivity index (χ3n) is 2.78. The van der Waals surface area contributed by atoms with Crippen LogP contribution in [0.4, 0.5) is 0 Å². The molecule has 0 radical (unpaired) electrons. The molecule has 6 heteroatoms. The summed E-state index contributed by atoms with van der Waals surface area (Å²) < 4.78 is 26.2. The smallest absolute Gasteiger partial charge is 0.248 e. The minimum Gasteiger partial charge on any atom is -0.248 e. The van der Waals surface area contributed by atoms with Gasteiger partial charge in [-0.15, -0.1) is 11.8 Å². The van der Waals surface area contributed by atoms with Gasteiger partial charge in [0.15, 0.2) is 0 Å². The zero-order valence-electron chi connectivity index (χ0n) is 11.1. The van der Waals surface area contributed by atoms with E-state index in [0.717, 1.165) is 28.0 Å². The molecule has 1 aromatic carbocycles. The van der Waals surface area contributed by atoms with Crippen molar-refractivity contribution in [1.29, 1.82) is 0 Å². The van der Waals surface area contributed by atoms with Crippen molar-refractivity contribution in [2.75, 3.05) is 11.1 Å². The molecule has 0 aliphatic rings. The van der Waals surface area contributed by atoms with Gasteiger partial charge in [-0.05, 0) is 37.3 Å². The largest absolute Gasteiger partial charge is 0.267 e. The molecule has 3 nitrogen and oxygen atoms in total. The first-order chi connectivity index (χ1) is 9.54. The first-order valence-corrected chi connectivity index (χ1v) is 9.78. The van der Waals surface area contributed by atoms with E-state index in [0.29, 0.717) is 4.90 Å². The maximum Gasteiger partial charge on any atom is 0.267 e. The summed E-state index contributed by atoms with van der Waals surface area (Å²) in [5.74, 6) is 0.972. The number of thioether (sulfide) groups is 1. The first-order valence-electron chi connectivity index (χ1n) is 6.23. The first kappa shape index (κ1) is 15.7. The Morgan fingerprint density at radius 3 is 2.55 bits per heavy atom. The third-order valence-corrected chi connectivity index (χ3v) is 6.06. The molecule has 0 atom stereocenters. The number of benzene rings is 1. The van der Waals surface area contributed by atoms with Gasteiger partial charge in [0.05, 0.1) is 4.90 Å². The summed E-state index contributed by atoms with van der Waals surface area (Å²) in [4.78, 5) is 1.29. The van der Waals surface area contributed by atoms with Gasteiger partial charge in [-0.3, -0.25) is 0 Å². The van der Waals surface area contributed by atoms with Crippen LogP contribution in [-0.2, 0) is 10.0 Å². The lowest BCUT2D eigenvalue weighted by atomic mass is 10.2. The standard InChI is InChI=1S/C14H16BrNO2S2/c1-12-3-5-14(6-4-12)20(17,18)16-9-7-13(11-16)19-10-2-8-15/h3-7,9,11H,2,8,10H2,1H3. The summed E-state index contributed by atoms with van der Waals surface area (Å²) >= 11 is 5.05. The van der Waals surface area contributed by atoms with Gasteiger partial charge in [0.1, 0.15) is 0 Å². The zero-order chi connectivity index (χ0) is 14.6. The van der Waals surface area contributed by atoms with Crippen molar-refractivity contribution in [2.24, 2.45) is 0 Å². The Balaban J connectivity index is 2.20. The molecule has 2 rings (SSSR count). The average Bonchev–Trinajstić information content (AvgIpc) is 2.89. The second-order valence-corrected chi connectivity index (χ2v) is 8.19. The van der Waals surface area contributed by atoms with Crippen molar-refractivity contribution in [1.82, 2.24) is 3.97 Å². The van der Waals surface area contributed by atoms with Crippen LogP contribution in [-0.4, -0.2) is 23.5 Å². The highest BCUT2D eigenvalue weighted by atomic mass is 79.9. The molecule has 20 heavy (non-hydrogen) atoms. The van der Waals surface area contributed by atoms with Crippen LogP contribution < -0.4 is 0 Å². The quantitative estimate of drug-likeness (QED) is 0.437. The highest BCUT2D eigenvalue weighted by molar-refractivity contribution is 9.09. The minimum atomic E-state index is -3.47. The Hall–Kier alpha value is -0.720. The molecule has 0 saturated heterocycles. The van der Waals surface area contributed by atoms with Gasteiger partial charge >= 0.3 is 0 Å². The van der Waals surface area contributed by atoms with Gasteiger partial charge in [0.2, 0.25) is 0 Å². The summed E-state index contributed by atoms with van der Waals surface area (Å²) in [7, 11) is -3.47. The molecule has 0 spiro atoms. The number of hydrogen-bond donors (Lipinski definition) is 0. The lowest BCUT2D eigenvalue weighted by Crippen LogP contribution is -2.10. The fourth-order valence-corrected chi connectivity index (χ4v) is 4.45. The van der Waals surface area contributed by atoms with Gasteiger partial charge in [-0.1, -0.05) is 33.6 Å². The molecule has 0 fully saturated rings. The van der Waals surface area contributed by atoms with Crippen molar-refractivity contribution in [3.63, 3.8) is 0 Å². The Morgan fingerprint density at radius 1 is 1.20 bits per heavy atom. The van der Waals surface area contributed by atoms with Crippen LogP contribution in [0.2, 0.25) is 0 Å². The molecule has 108 valence electrons. The second kappa shape index (κ2) is 6.83. The summed E-state index contributed by atoms with van der Waals surface area (Å²) in [6.45, 7) is 1.94. The summed E-state index contributed by atoms with van der Waals surface area (Å²) in [5.41, 5.74) is 1.04. The van der Waals surface area contributed by atoms with E-state index in [2.05, 4.69) is 15.9 Å². The van der Waals surface area contributed by atoms with Crippen LogP contribution >= 0.6 is 27.7 Å². The van der Waals surface area contributed by atoms with E-state index in [1.54, 1.807) is 36.3 Å². The van der Waals surface area contributed by atoms with Gasteiger partial charge < -0.3 is 0 Å². The molecular weight excluding hydrogens is 358 g/mol. The number of hydrogen-bond acceptors (Lipinski definition) is 3. The van der Waals surface area contributed by atoms with Crippen LogP contribution in [0.5, 0.6) is 0 Å². The lowest BCUT2D eigenvalue weighted by molar-refractivity contribution is 0.587. The van der Waals surface area contributed by atoms with Gasteiger partial charge in [-0.2, -0.15) is 0 Å². The molecule has 1 heterocycles. The molecule has 0 amide bonds. The SMILES string of the molecule is Cc1ccc(S(=O)(=O)n2ccc(SCCCBr)c2)cc1. The van der Waals surface area contributed by atoms with Crippen LogP contribution in [0.15, 0.2) is 52.5 Å². The number of aromatic nitrogens is 1. The monoisotopic (exact) mass is 373 g/mol. The zero-order valence-corrected chi connectivity index (χ0v) is 14.3. The van der Waals surface area contributed by atoms with Crippen molar-refractivity contribution < 1.29 is 8.42 Å². The Labute approximate surface area is 132 Å². The van der Waals surface area contributed by atoms with Gasteiger partial charge in [0.25, 0.3) is 10.0 Å². The van der Waals surface area contributed by atoms with E-state index >= 15 is 0 Å². The normalized spacial score (nSPS) is 11.7. The van der Waals surface area contributed by atoms with Crippen molar-refractivity contribution in [3.05, 3.63) is 48.3 Å². The second-order valence-electron chi connectivity index (χ2n) is 4.39. The van der Waals surface area contributed by atoms with Crippen molar-refractivity contribution in [3.8, 4) is 0 Å². The summed E-state index contributed by atoms with van der Waals surface area (Å²) in [5, 5.41) is 0.961. The minimum absolute atomic E-state index is 0.315. The molecule has 0 bridgehead atoms. The van der Waals surface area contributed by atoms with E-state index in [4.69, 9.17) is 0 Å². The van der Waals surface area contributed by atoms with Crippen LogP contribution in [0, 0.1) is 6.92 Å². The topological polar surface area (TPSA) is 39.1 Å². The van der Waals surface area contributed by atoms with Crippen LogP contribution in [0.3, 0.4) is 0 Å². The number of halogens is 1. The molecular formula is C14H16BrNO2S2. The molecule has 1 aromatic heterocycles. The van der Waals surface area contributed by atoms with Crippen molar-refractivity contribution in [2.45, 2.75) is 23.1 Å². The van der Waals surface area contributed by atoms with E-state index in [1.807, 2.05) is 25.1 Å². The highest BCUT2D eigenvalue weighted by Crippen LogP contribution is 2.22. The van der Waals surface area contributed by atoms with Crippen LogP contribution in [0.25, 0.3) is 0 Å². The lowest BCUT2D eigenvalue weighted by Gasteiger charge is -2.05. The molecule has 0 N–H and O–H groups in total. The number of alkyl halides is 1. The van der Waals surface area contributed by atoms with Crippen molar-refractivity contribution >= 4 is 37.7 Å². The predicted molar refractivity (Wildman–Crippen MR) is 87.3 cm³/mol. The fraction of sp³-hybridized carbons (Fsp3) is 0.286. The molecule has 2 aromatic rings. The maximum atomic E-state index is 12.4. The summed E-state index contributed by atoms with van der Waals surface area (Å²) in [6.07, 6.45) is 4.33. The average molecular weight is 374 g/mol. The number of rotatable bonds is 6.